The predicted molar refractivity (Wildman–Crippen MR) is 99.1 cm³/mol. The van der Waals surface area contributed by atoms with Crippen LogP contribution in [0.3, 0.4) is 0 Å². The Kier molecular flexibility index (Phi) is 4.38. The van der Waals surface area contributed by atoms with Gasteiger partial charge in [-0.05, 0) is 19.1 Å². The molecule has 1 aliphatic rings. The summed E-state index contributed by atoms with van der Waals surface area (Å²) in [5, 5.41) is 0.599. The second kappa shape index (κ2) is 6.88. The fraction of sp³-hybridized carbons (Fsp3) is 0.250. The number of carbonyl (C=O) groups is 1. The van der Waals surface area contributed by atoms with Crippen LogP contribution in [0.5, 0.6) is 11.5 Å². The minimum atomic E-state index is -0.720. The number of aryl methyl sites for hydroxylation is 1. The molecule has 0 atom stereocenters. The van der Waals surface area contributed by atoms with Crippen LogP contribution in [-0.2, 0) is 0 Å². The third-order valence-electron chi connectivity index (χ3n) is 4.48. The molecule has 1 aromatic carbocycles. The van der Waals surface area contributed by atoms with Gasteiger partial charge < -0.3 is 23.2 Å². The van der Waals surface area contributed by atoms with Crippen LogP contribution in [0.4, 0.5) is 0 Å². The quantitative estimate of drug-likeness (QED) is 0.635. The van der Waals surface area contributed by atoms with Crippen molar-refractivity contribution in [2.45, 2.75) is 13.0 Å². The molecule has 3 aromatic rings. The summed E-state index contributed by atoms with van der Waals surface area (Å²) in [6.07, 6.45) is -0.266. The van der Waals surface area contributed by atoms with E-state index in [0.717, 1.165) is 0 Å². The van der Waals surface area contributed by atoms with E-state index in [-0.39, 0.29) is 11.7 Å². The van der Waals surface area contributed by atoms with Crippen LogP contribution in [0, 0.1) is 6.92 Å². The van der Waals surface area contributed by atoms with Gasteiger partial charge in [0.1, 0.15) is 23.2 Å². The summed E-state index contributed by atoms with van der Waals surface area (Å²) in [6.45, 7) is 2.25. The molecule has 4 rings (SSSR count). The van der Waals surface area contributed by atoms with Gasteiger partial charge in [0.05, 0.1) is 26.3 Å². The fourth-order valence-electron chi connectivity index (χ4n) is 3.11. The predicted octanol–water partition coefficient (Wildman–Crippen LogP) is 1.97. The second-order valence-corrected chi connectivity index (χ2v) is 6.50. The van der Waals surface area contributed by atoms with E-state index in [1.165, 1.54) is 24.1 Å². The first-order chi connectivity index (χ1) is 13.4. The lowest BCUT2D eigenvalue weighted by Crippen LogP contribution is -2.56. The first-order valence-corrected chi connectivity index (χ1v) is 8.63. The topological polar surface area (TPSA) is 99.2 Å². The van der Waals surface area contributed by atoms with Gasteiger partial charge in [0.25, 0.3) is 5.91 Å². The minimum Gasteiger partial charge on any atom is -0.493 e. The first-order valence-electron chi connectivity index (χ1n) is 8.63. The summed E-state index contributed by atoms with van der Waals surface area (Å²) >= 11 is 0. The second-order valence-electron chi connectivity index (χ2n) is 6.50. The number of methoxy groups -OCH3 is 1. The normalized spacial score (nSPS) is 14.0. The van der Waals surface area contributed by atoms with Gasteiger partial charge in [0, 0.05) is 11.5 Å². The van der Waals surface area contributed by atoms with Crippen molar-refractivity contribution in [1.29, 1.82) is 0 Å². The van der Waals surface area contributed by atoms with Crippen LogP contribution in [0.25, 0.3) is 11.0 Å². The van der Waals surface area contributed by atoms with Crippen LogP contribution in [0.15, 0.2) is 54.8 Å². The smallest absolute Gasteiger partial charge is 0.349 e. The zero-order valence-electron chi connectivity index (χ0n) is 15.3. The van der Waals surface area contributed by atoms with Crippen LogP contribution < -0.4 is 20.7 Å². The Morgan fingerprint density at radius 2 is 1.93 bits per heavy atom. The molecular weight excluding hydrogens is 366 g/mol. The van der Waals surface area contributed by atoms with Gasteiger partial charge in [-0.2, -0.15) is 0 Å². The third-order valence-corrected chi connectivity index (χ3v) is 4.48. The number of carbonyl (C=O) groups excluding carboxylic acids is 1. The molecule has 28 heavy (non-hydrogen) atoms. The van der Waals surface area contributed by atoms with Gasteiger partial charge in [0.2, 0.25) is 0 Å². The fourth-order valence-corrected chi connectivity index (χ4v) is 3.11. The number of hydrogen-bond donors (Lipinski definition) is 0. The zero-order chi connectivity index (χ0) is 19.8. The van der Waals surface area contributed by atoms with E-state index in [1.54, 1.807) is 31.2 Å². The Morgan fingerprint density at radius 1 is 1.14 bits per heavy atom. The molecule has 0 bridgehead atoms. The van der Waals surface area contributed by atoms with E-state index in [4.69, 9.17) is 18.3 Å². The molecule has 2 aromatic heterocycles. The van der Waals surface area contributed by atoms with Crippen molar-refractivity contribution >= 4 is 16.9 Å². The van der Waals surface area contributed by atoms with Crippen molar-refractivity contribution in [2.75, 3.05) is 20.2 Å². The number of likely N-dealkylation sites (tertiary alicyclic amines) is 1. The van der Waals surface area contributed by atoms with Crippen LogP contribution >= 0.6 is 0 Å². The standard InChI is InChI=1S/C20H17NO7/c1-11-6-13(8-17(22)26-11)27-14-9-21(10-14)19(23)15-7-12-4-3-5-16(25-2)18(12)28-20(15)24/h3-8,14H,9-10H2,1-2H3. The largest absolute Gasteiger partial charge is 0.493 e. The Balaban J connectivity index is 1.50. The van der Waals surface area contributed by atoms with Crippen molar-refractivity contribution in [3.8, 4) is 11.5 Å². The van der Waals surface area contributed by atoms with Crippen molar-refractivity contribution in [3.63, 3.8) is 0 Å². The molecule has 1 saturated heterocycles. The average Bonchev–Trinajstić information content (AvgIpc) is 2.62. The SMILES string of the molecule is COc1cccc2cc(C(=O)N3CC(Oc4cc(C)oc(=O)c4)C3)c(=O)oc12. The maximum atomic E-state index is 12.7. The third kappa shape index (κ3) is 3.24. The van der Waals surface area contributed by atoms with Gasteiger partial charge >= 0.3 is 11.3 Å². The maximum absolute atomic E-state index is 12.7. The molecule has 8 nitrogen and oxygen atoms in total. The number of rotatable bonds is 4. The molecule has 1 amide bonds. The zero-order valence-corrected chi connectivity index (χ0v) is 15.3. The van der Waals surface area contributed by atoms with Crippen LogP contribution in [-0.4, -0.2) is 37.1 Å². The van der Waals surface area contributed by atoms with Crippen LogP contribution in [0.2, 0.25) is 0 Å². The molecule has 0 unspecified atom stereocenters. The molecule has 0 spiro atoms. The van der Waals surface area contributed by atoms with Crippen molar-refractivity contribution in [2.24, 2.45) is 0 Å². The van der Waals surface area contributed by atoms with Gasteiger partial charge in [-0.25, -0.2) is 9.59 Å². The lowest BCUT2D eigenvalue weighted by molar-refractivity contribution is 0.0172. The Labute approximate surface area is 158 Å². The number of hydrogen-bond acceptors (Lipinski definition) is 7. The summed E-state index contributed by atoms with van der Waals surface area (Å²) in [4.78, 5) is 37.8. The number of amides is 1. The van der Waals surface area contributed by atoms with Gasteiger partial charge in [-0.15, -0.1) is 0 Å². The molecule has 1 aliphatic heterocycles. The summed E-state index contributed by atoms with van der Waals surface area (Å²) in [6, 6.07) is 9.53. The van der Waals surface area contributed by atoms with E-state index in [9.17, 15) is 14.4 Å². The van der Waals surface area contributed by atoms with Gasteiger partial charge in [-0.3, -0.25) is 4.79 Å². The average molecular weight is 383 g/mol. The molecule has 144 valence electrons. The van der Waals surface area contributed by atoms with Gasteiger partial charge in [-0.1, -0.05) is 12.1 Å². The Hall–Kier alpha value is -3.55. The monoisotopic (exact) mass is 383 g/mol. The highest BCUT2D eigenvalue weighted by Crippen LogP contribution is 2.25. The maximum Gasteiger partial charge on any atom is 0.349 e. The molecule has 0 radical (unpaired) electrons. The van der Waals surface area contributed by atoms with Crippen molar-refractivity contribution in [1.82, 2.24) is 4.90 Å². The number of benzene rings is 1. The van der Waals surface area contributed by atoms with E-state index in [2.05, 4.69) is 0 Å². The first kappa shape index (κ1) is 17.8. The molecular formula is C20H17NO7. The number of para-hydroxylation sites is 1. The van der Waals surface area contributed by atoms with Crippen molar-refractivity contribution < 1.29 is 23.1 Å². The number of fused-ring (bicyclic) bond motifs is 1. The minimum absolute atomic E-state index is 0.0459. The highest BCUT2D eigenvalue weighted by molar-refractivity contribution is 5.97. The van der Waals surface area contributed by atoms with Crippen LogP contribution in [0.1, 0.15) is 16.1 Å². The molecule has 8 heteroatoms. The molecule has 0 aliphatic carbocycles. The van der Waals surface area contributed by atoms with E-state index in [0.29, 0.717) is 41.3 Å². The van der Waals surface area contributed by atoms with E-state index >= 15 is 0 Å². The molecule has 0 saturated carbocycles. The lowest BCUT2D eigenvalue weighted by atomic mass is 10.1. The Morgan fingerprint density at radius 3 is 2.64 bits per heavy atom. The van der Waals surface area contributed by atoms with E-state index in [1.807, 2.05) is 0 Å². The van der Waals surface area contributed by atoms with Gasteiger partial charge in [0.15, 0.2) is 11.3 Å². The highest BCUT2D eigenvalue weighted by Gasteiger charge is 2.34. The lowest BCUT2D eigenvalue weighted by Gasteiger charge is -2.38. The number of ether oxygens (including phenoxy) is 2. The van der Waals surface area contributed by atoms with Crippen molar-refractivity contribution in [3.05, 3.63) is 68.6 Å². The highest BCUT2D eigenvalue weighted by atomic mass is 16.5. The van der Waals surface area contributed by atoms with E-state index < -0.39 is 17.2 Å². The summed E-state index contributed by atoms with van der Waals surface area (Å²) in [7, 11) is 1.48. The summed E-state index contributed by atoms with van der Waals surface area (Å²) in [5.74, 6) is 0.831. The molecule has 3 heterocycles. The Bertz CT molecular complexity index is 1170. The summed E-state index contributed by atoms with van der Waals surface area (Å²) < 4.78 is 21.0. The summed E-state index contributed by atoms with van der Waals surface area (Å²) in [5.41, 5.74) is -0.959. The molecule has 0 N–H and O–H groups in total. The molecule has 1 fully saturated rings. The number of nitrogens with zero attached hydrogens (tertiary/aromatic N) is 1.